The van der Waals surface area contributed by atoms with E-state index in [9.17, 15) is 49.7 Å². The third-order valence-corrected chi connectivity index (χ3v) is 11.2. The van der Waals surface area contributed by atoms with Crippen LogP contribution in [0.3, 0.4) is 0 Å². The Kier molecular flexibility index (Phi) is 35.2. The largest absolute Gasteiger partial charge is 0.472 e. The number of allylic oxidation sites excluding steroid dienone is 14. The van der Waals surface area contributed by atoms with E-state index in [2.05, 4.69) is 61.6 Å². The first kappa shape index (κ1) is 59.0. The molecule has 0 heterocycles. The van der Waals surface area contributed by atoms with Gasteiger partial charge in [0, 0.05) is 12.8 Å². The predicted molar refractivity (Wildman–Crippen MR) is 250 cm³/mol. The van der Waals surface area contributed by atoms with Crippen molar-refractivity contribution in [3.05, 3.63) is 85.1 Å². The van der Waals surface area contributed by atoms with E-state index in [0.717, 1.165) is 57.8 Å². The highest BCUT2D eigenvalue weighted by molar-refractivity contribution is 7.47. The maximum absolute atomic E-state index is 12.8. The van der Waals surface area contributed by atoms with Gasteiger partial charge in [-0.2, -0.15) is 0 Å². The van der Waals surface area contributed by atoms with E-state index in [1.807, 2.05) is 30.4 Å². The van der Waals surface area contributed by atoms with Crippen LogP contribution in [0.4, 0.5) is 0 Å². The van der Waals surface area contributed by atoms with Gasteiger partial charge in [0.25, 0.3) is 0 Å². The Bertz CT molecular complexity index is 1450. The second kappa shape index (κ2) is 38.1. The van der Waals surface area contributed by atoms with Crippen molar-refractivity contribution in [2.75, 3.05) is 13.2 Å². The zero-order chi connectivity index (χ0) is 47.3. The van der Waals surface area contributed by atoms with Crippen LogP contribution in [0.2, 0.25) is 0 Å². The summed E-state index contributed by atoms with van der Waals surface area (Å²) in [5.41, 5.74) is 0. The molecule has 0 aromatic heterocycles. The highest BCUT2D eigenvalue weighted by Crippen LogP contribution is 2.47. The minimum absolute atomic E-state index is 0.00620. The standard InChI is InChI=1S/C49H81O14P/c1-3-4-5-6-7-8-9-10-11-12-15-18-21-24-27-30-33-36-42(51)60-38-41(39-61-64(58,59)63-49-47(56)45(54)44(53)46(55)48(49)57)62-43(52)37-34-31-28-25-22-19-16-13-14-17-20-23-26-29-32-35-40(2)50/h10-11,14-19,23-28,40-41,44-50,53-57H,3-9,12-13,20-22,29-39H2,1-2H3,(H,58,59)/b11-10-,17-14-,18-15-,19-16-,26-23-,27-24-,28-25-/t40-,41+,44?,45-,46+,47+,48+,49?/m0/s1. The van der Waals surface area contributed by atoms with Crippen LogP contribution in [-0.4, -0.2) is 110 Å². The van der Waals surface area contributed by atoms with E-state index in [0.29, 0.717) is 25.7 Å². The van der Waals surface area contributed by atoms with Crippen LogP contribution in [0.1, 0.15) is 149 Å². The number of phosphoric acid groups is 1. The molecule has 1 saturated carbocycles. The number of aliphatic hydroxyl groups is 6. The number of carbonyl (C=O) groups excluding carboxylic acids is 2. The van der Waals surface area contributed by atoms with E-state index in [4.69, 9.17) is 18.5 Å². The van der Waals surface area contributed by atoms with Crippen LogP contribution < -0.4 is 0 Å². The lowest BCUT2D eigenvalue weighted by Crippen LogP contribution is -2.64. The molecule has 0 aliphatic heterocycles. The molecule has 366 valence electrons. The van der Waals surface area contributed by atoms with Gasteiger partial charge in [-0.15, -0.1) is 0 Å². The van der Waals surface area contributed by atoms with E-state index in [1.165, 1.54) is 38.5 Å². The summed E-state index contributed by atoms with van der Waals surface area (Å²) in [5, 5.41) is 59.4. The Morgan fingerprint density at radius 3 is 1.44 bits per heavy atom. The van der Waals surface area contributed by atoms with Crippen molar-refractivity contribution in [3.8, 4) is 0 Å². The van der Waals surface area contributed by atoms with Crippen LogP contribution in [-0.2, 0) is 32.7 Å². The zero-order valence-corrected chi connectivity index (χ0v) is 39.3. The van der Waals surface area contributed by atoms with Gasteiger partial charge in [-0.05, 0) is 96.8 Å². The third-order valence-electron chi connectivity index (χ3n) is 10.2. The van der Waals surface area contributed by atoms with Crippen molar-refractivity contribution in [3.63, 3.8) is 0 Å². The van der Waals surface area contributed by atoms with Gasteiger partial charge in [0.15, 0.2) is 6.10 Å². The molecule has 0 aromatic rings. The number of hydrogen-bond donors (Lipinski definition) is 7. The molecule has 14 nitrogen and oxygen atoms in total. The Balaban J connectivity index is 2.54. The molecule has 7 N–H and O–H groups in total. The molecule has 1 fully saturated rings. The zero-order valence-electron chi connectivity index (χ0n) is 38.4. The van der Waals surface area contributed by atoms with Crippen molar-refractivity contribution < 1.29 is 68.2 Å². The molecule has 0 amide bonds. The van der Waals surface area contributed by atoms with Gasteiger partial charge in [-0.1, -0.05) is 124 Å². The highest BCUT2D eigenvalue weighted by Gasteiger charge is 2.51. The quantitative estimate of drug-likeness (QED) is 0.0135. The van der Waals surface area contributed by atoms with E-state index in [-0.39, 0.29) is 18.9 Å². The maximum Gasteiger partial charge on any atom is 0.472 e. The lowest BCUT2D eigenvalue weighted by molar-refractivity contribution is -0.220. The van der Waals surface area contributed by atoms with Crippen LogP contribution in [0, 0.1) is 0 Å². The Labute approximate surface area is 382 Å². The van der Waals surface area contributed by atoms with E-state index in [1.54, 1.807) is 6.92 Å². The number of ether oxygens (including phenoxy) is 2. The summed E-state index contributed by atoms with van der Waals surface area (Å²) in [4.78, 5) is 35.7. The summed E-state index contributed by atoms with van der Waals surface area (Å²) in [6.45, 7) is 2.74. The number of hydrogen-bond acceptors (Lipinski definition) is 13. The number of phosphoric ester groups is 1. The number of rotatable bonds is 37. The second-order valence-electron chi connectivity index (χ2n) is 16.2. The van der Waals surface area contributed by atoms with Crippen molar-refractivity contribution in [2.45, 2.75) is 198 Å². The first-order valence-electron chi connectivity index (χ1n) is 23.4. The molecule has 0 saturated heterocycles. The van der Waals surface area contributed by atoms with Gasteiger partial charge in [0.1, 0.15) is 43.2 Å². The maximum atomic E-state index is 12.8. The topological polar surface area (TPSA) is 230 Å². The fourth-order valence-electron chi connectivity index (χ4n) is 6.43. The summed E-state index contributed by atoms with van der Waals surface area (Å²) < 4.78 is 33.4. The fourth-order valence-corrected chi connectivity index (χ4v) is 7.40. The molecular formula is C49H81O14P. The van der Waals surface area contributed by atoms with E-state index >= 15 is 0 Å². The van der Waals surface area contributed by atoms with Crippen molar-refractivity contribution in [1.29, 1.82) is 0 Å². The third kappa shape index (κ3) is 31.0. The highest BCUT2D eigenvalue weighted by atomic mass is 31.2. The monoisotopic (exact) mass is 925 g/mol. The normalized spacial score (nSPS) is 22.8. The van der Waals surface area contributed by atoms with Crippen LogP contribution in [0.5, 0.6) is 0 Å². The van der Waals surface area contributed by atoms with Crippen molar-refractivity contribution in [1.82, 2.24) is 0 Å². The lowest BCUT2D eigenvalue weighted by atomic mass is 9.85. The van der Waals surface area contributed by atoms with Gasteiger partial charge in [-0.3, -0.25) is 18.6 Å². The SMILES string of the molecule is CCCCCCCC/C=C\C/C=C\C/C=C\CCCC(=O)OC[C@H](COP(=O)(O)OC1[C@H](O)[C@H](O)C(O)[C@H](O)[C@H]1O)OC(=O)CCC/C=C\C/C=C\C/C=C\C/C=C\CCC[C@H](C)O. The van der Waals surface area contributed by atoms with Gasteiger partial charge >= 0.3 is 19.8 Å². The Morgan fingerprint density at radius 1 is 0.547 bits per heavy atom. The van der Waals surface area contributed by atoms with E-state index < -0.39 is 75.7 Å². The Morgan fingerprint density at radius 2 is 0.953 bits per heavy atom. The minimum Gasteiger partial charge on any atom is -0.462 e. The molecule has 15 heteroatoms. The average molecular weight is 925 g/mol. The van der Waals surface area contributed by atoms with Crippen LogP contribution >= 0.6 is 7.82 Å². The molecule has 0 bridgehead atoms. The van der Waals surface area contributed by atoms with Crippen molar-refractivity contribution >= 4 is 19.8 Å². The van der Waals surface area contributed by atoms with Gasteiger partial charge in [0.05, 0.1) is 12.7 Å². The lowest BCUT2D eigenvalue weighted by Gasteiger charge is -2.41. The molecule has 1 aliphatic carbocycles. The van der Waals surface area contributed by atoms with Crippen molar-refractivity contribution in [2.24, 2.45) is 0 Å². The van der Waals surface area contributed by atoms with Crippen LogP contribution in [0.25, 0.3) is 0 Å². The van der Waals surface area contributed by atoms with Gasteiger partial charge < -0.3 is 45.0 Å². The molecular weight excluding hydrogens is 843 g/mol. The van der Waals surface area contributed by atoms with Gasteiger partial charge in [-0.25, -0.2) is 4.57 Å². The molecule has 64 heavy (non-hydrogen) atoms. The predicted octanol–water partition coefficient (Wildman–Crippen LogP) is 8.25. The number of unbranched alkanes of at least 4 members (excludes halogenated alkanes) is 9. The average Bonchev–Trinajstić information content (AvgIpc) is 3.26. The summed E-state index contributed by atoms with van der Waals surface area (Å²) in [6.07, 6.45) is 33.5. The molecule has 0 radical (unpaired) electrons. The first-order valence-corrected chi connectivity index (χ1v) is 24.9. The Hall–Kier alpha value is -3.01. The van der Waals surface area contributed by atoms with Gasteiger partial charge in [0.2, 0.25) is 0 Å². The smallest absolute Gasteiger partial charge is 0.462 e. The summed E-state index contributed by atoms with van der Waals surface area (Å²) >= 11 is 0. The summed E-state index contributed by atoms with van der Waals surface area (Å²) in [7, 11) is -5.16. The summed E-state index contributed by atoms with van der Waals surface area (Å²) in [5.74, 6) is -1.25. The van der Waals surface area contributed by atoms with Crippen LogP contribution in [0.15, 0.2) is 85.1 Å². The number of carbonyl (C=O) groups is 2. The first-order chi connectivity index (χ1) is 30.8. The molecule has 0 aromatic carbocycles. The molecule has 0 spiro atoms. The number of esters is 2. The minimum atomic E-state index is -5.16. The fraction of sp³-hybridized carbons (Fsp3) is 0.673. The molecule has 1 rings (SSSR count). The summed E-state index contributed by atoms with van der Waals surface area (Å²) in [6, 6.07) is 0. The molecule has 1 aliphatic rings. The number of aliphatic hydroxyl groups excluding tert-OH is 6. The second-order valence-corrected chi connectivity index (χ2v) is 17.6. The molecule has 3 unspecified atom stereocenters. The molecule has 9 atom stereocenters.